The third kappa shape index (κ3) is 2.38. The second-order valence-electron chi connectivity index (χ2n) is 7.51. The van der Waals surface area contributed by atoms with Crippen molar-refractivity contribution in [3.8, 4) is 11.5 Å². The summed E-state index contributed by atoms with van der Waals surface area (Å²) in [5.41, 5.74) is -1.27. The molecule has 6 heteroatoms. The fourth-order valence-electron chi connectivity index (χ4n) is 4.67. The summed E-state index contributed by atoms with van der Waals surface area (Å²) in [6.07, 6.45) is -0.0692. The zero-order valence-corrected chi connectivity index (χ0v) is 15.9. The Bertz CT molecular complexity index is 1160. The Morgan fingerprint density at radius 3 is 2.34 bits per heavy atom. The van der Waals surface area contributed by atoms with E-state index in [-0.39, 0.29) is 17.9 Å². The van der Waals surface area contributed by atoms with Crippen molar-refractivity contribution in [3.05, 3.63) is 94.0 Å². The first kappa shape index (κ1) is 18.2. The number of carbonyl (C=O) groups excluding carboxylic acids is 1. The van der Waals surface area contributed by atoms with Crippen molar-refractivity contribution in [2.45, 2.75) is 17.6 Å². The number of esters is 1. The third-order valence-electron chi connectivity index (χ3n) is 5.99. The molecule has 0 amide bonds. The van der Waals surface area contributed by atoms with Gasteiger partial charge in [0.2, 0.25) is 0 Å². The van der Waals surface area contributed by atoms with Crippen LogP contribution in [-0.4, -0.2) is 21.3 Å². The maximum atomic E-state index is 13.1. The van der Waals surface area contributed by atoms with E-state index in [1.807, 2.05) is 0 Å². The minimum absolute atomic E-state index is 0.000786. The molecule has 3 N–H and O–H groups in total. The van der Waals surface area contributed by atoms with Crippen LogP contribution in [0, 0.1) is 5.92 Å². The highest BCUT2D eigenvalue weighted by atomic mass is 35.5. The van der Waals surface area contributed by atoms with Gasteiger partial charge in [-0.3, -0.25) is 4.79 Å². The highest BCUT2D eigenvalue weighted by Gasteiger charge is 2.62. The number of halogens is 1. The van der Waals surface area contributed by atoms with Crippen molar-refractivity contribution in [2.75, 3.05) is 0 Å². The molecule has 146 valence electrons. The normalized spacial score (nSPS) is 26.5. The van der Waals surface area contributed by atoms with Crippen LogP contribution in [0.25, 0.3) is 0 Å². The molecule has 2 bridgehead atoms. The second kappa shape index (κ2) is 6.07. The van der Waals surface area contributed by atoms with Crippen LogP contribution in [0.1, 0.15) is 28.7 Å². The van der Waals surface area contributed by atoms with Crippen molar-refractivity contribution in [1.29, 1.82) is 0 Å². The van der Waals surface area contributed by atoms with Crippen molar-refractivity contribution in [1.82, 2.24) is 0 Å². The van der Waals surface area contributed by atoms with E-state index in [4.69, 9.17) is 16.3 Å². The molecule has 6 rings (SSSR count). The van der Waals surface area contributed by atoms with Crippen LogP contribution >= 0.6 is 11.6 Å². The number of fused-ring (bicyclic) bond motifs is 1. The molecule has 0 radical (unpaired) electrons. The molecule has 0 saturated heterocycles. The first-order valence-corrected chi connectivity index (χ1v) is 9.58. The molecule has 29 heavy (non-hydrogen) atoms. The fourth-order valence-corrected chi connectivity index (χ4v) is 4.84. The zero-order chi connectivity index (χ0) is 20.4. The van der Waals surface area contributed by atoms with Gasteiger partial charge in [0.25, 0.3) is 0 Å². The highest BCUT2D eigenvalue weighted by molar-refractivity contribution is 6.30. The summed E-state index contributed by atoms with van der Waals surface area (Å²) in [5, 5.41) is 33.9. The monoisotopic (exact) mass is 408 g/mol. The van der Waals surface area contributed by atoms with E-state index < -0.39 is 23.1 Å². The van der Waals surface area contributed by atoms with Gasteiger partial charge in [-0.2, -0.15) is 0 Å². The van der Waals surface area contributed by atoms with Crippen molar-refractivity contribution in [3.63, 3.8) is 0 Å². The molecule has 0 saturated carbocycles. The minimum Gasteiger partial charge on any atom is -0.504 e. The fraction of sp³-hybridized carbons (Fsp3) is 0.174. The predicted molar refractivity (Wildman–Crippen MR) is 106 cm³/mol. The van der Waals surface area contributed by atoms with Crippen LogP contribution < -0.4 is 4.74 Å². The average molecular weight is 409 g/mol. The van der Waals surface area contributed by atoms with Gasteiger partial charge in [-0.05, 0) is 46.5 Å². The van der Waals surface area contributed by atoms with Gasteiger partial charge >= 0.3 is 5.97 Å². The van der Waals surface area contributed by atoms with E-state index in [1.54, 1.807) is 54.6 Å². The smallest absolute Gasteiger partial charge is 0.318 e. The van der Waals surface area contributed by atoms with Crippen LogP contribution in [0.2, 0.25) is 5.02 Å². The van der Waals surface area contributed by atoms with Gasteiger partial charge in [0.1, 0.15) is 11.2 Å². The number of carbonyl (C=O) groups is 1. The Morgan fingerprint density at radius 1 is 0.931 bits per heavy atom. The van der Waals surface area contributed by atoms with Crippen LogP contribution in [0.5, 0.6) is 11.5 Å². The molecule has 3 aromatic rings. The Labute approximate surface area is 171 Å². The van der Waals surface area contributed by atoms with Gasteiger partial charge in [-0.15, -0.1) is 0 Å². The van der Waals surface area contributed by atoms with E-state index in [1.165, 1.54) is 12.1 Å². The summed E-state index contributed by atoms with van der Waals surface area (Å²) >= 11 is 6.16. The summed E-state index contributed by atoms with van der Waals surface area (Å²) < 4.78 is 5.42. The number of phenolic OH excluding ortho intramolecular Hbond substituents is 1. The molecular formula is C23H17ClO5. The van der Waals surface area contributed by atoms with Crippen LogP contribution in [0.3, 0.4) is 0 Å². The van der Waals surface area contributed by atoms with E-state index in [0.717, 1.165) is 0 Å². The van der Waals surface area contributed by atoms with E-state index in [2.05, 4.69) is 0 Å². The lowest BCUT2D eigenvalue weighted by Gasteiger charge is -2.53. The maximum absolute atomic E-state index is 13.1. The second-order valence-corrected chi connectivity index (χ2v) is 7.94. The molecule has 0 spiro atoms. The number of aliphatic hydroxyl groups is 2. The molecule has 3 unspecified atom stereocenters. The molecule has 3 aliphatic carbocycles. The maximum Gasteiger partial charge on any atom is 0.318 e. The van der Waals surface area contributed by atoms with Gasteiger partial charge in [0.15, 0.2) is 11.5 Å². The lowest BCUT2D eigenvalue weighted by Crippen LogP contribution is -2.57. The van der Waals surface area contributed by atoms with Crippen LogP contribution in [-0.2, 0) is 16.0 Å². The van der Waals surface area contributed by atoms with Crippen molar-refractivity contribution < 1.29 is 24.9 Å². The Kier molecular flexibility index (Phi) is 3.80. The van der Waals surface area contributed by atoms with Gasteiger partial charge in [0, 0.05) is 11.4 Å². The SMILES string of the molecule is O=C(Oc1ccccc1O)C1CC2(O)c3ccccc3C1(O)c1ccc(Cl)cc12. The van der Waals surface area contributed by atoms with Crippen molar-refractivity contribution >= 4 is 17.6 Å². The average Bonchev–Trinajstić information content (AvgIpc) is 2.71. The quantitative estimate of drug-likeness (QED) is 0.446. The number of hydrogen-bond acceptors (Lipinski definition) is 5. The van der Waals surface area contributed by atoms with Gasteiger partial charge in [-0.1, -0.05) is 54.1 Å². The predicted octanol–water partition coefficient (Wildman–Crippen LogP) is 3.46. The largest absolute Gasteiger partial charge is 0.504 e. The Hall–Kier alpha value is -2.86. The molecule has 0 aromatic heterocycles. The number of aromatic hydroxyl groups is 1. The van der Waals surface area contributed by atoms with Crippen LogP contribution in [0.15, 0.2) is 66.7 Å². The molecule has 0 fully saturated rings. The zero-order valence-electron chi connectivity index (χ0n) is 15.2. The molecule has 0 heterocycles. The molecule has 5 nitrogen and oxygen atoms in total. The number of rotatable bonds is 2. The molecule has 3 aliphatic rings. The van der Waals surface area contributed by atoms with Crippen molar-refractivity contribution in [2.24, 2.45) is 5.92 Å². The first-order chi connectivity index (χ1) is 13.9. The minimum atomic E-state index is -1.69. The summed E-state index contributed by atoms with van der Waals surface area (Å²) in [6.45, 7) is 0. The first-order valence-electron chi connectivity index (χ1n) is 9.20. The number of hydrogen-bond donors (Lipinski definition) is 3. The number of phenols is 1. The Balaban J connectivity index is 1.68. The summed E-state index contributed by atoms with van der Waals surface area (Å²) in [5.74, 6) is -1.99. The number of benzene rings is 3. The Morgan fingerprint density at radius 2 is 1.59 bits per heavy atom. The van der Waals surface area contributed by atoms with E-state index in [9.17, 15) is 20.1 Å². The van der Waals surface area contributed by atoms with Gasteiger partial charge in [0.05, 0.1) is 5.92 Å². The van der Waals surface area contributed by atoms with Crippen LogP contribution in [0.4, 0.5) is 0 Å². The topological polar surface area (TPSA) is 87.0 Å². The van der Waals surface area contributed by atoms with Gasteiger partial charge in [-0.25, -0.2) is 0 Å². The molecule has 3 atom stereocenters. The summed E-state index contributed by atoms with van der Waals surface area (Å²) in [7, 11) is 0. The lowest BCUT2D eigenvalue weighted by atomic mass is 9.54. The standard InChI is InChI=1S/C23H17ClO5/c24-13-9-10-16-17(11-13)22(27)12-18(21(26)29-20-8-4-3-7-19(20)25)23(16,28)15-6-2-1-5-14(15)22/h1-11,18,25,27-28H,12H2. The molecule has 0 aliphatic heterocycles. The molecule has 3 aromatic carbocycles. The lowest BCUT2D eigenvalue weighted by molar-refractivity contribution is -0.157. The summed E-state index contributed by atoms with van der Waals surface area (Å²) in [4.78, 5) is 13.1. The van der Waals surface area contributed by atoms with E-state index >= 15 is 0 Å². The number of para-hydroxylation sites is 2. The third-order valence-corrected chi connectivity index (χ3v) is 6.22. The number of ether oxygens (including phenoxy) is 1. The van der Waals surface area contributed by atoms with Gasteiger partial charge < -0.3 is 20.1 Å². The van der Waals surface area contributed by atoms with E-state index in [0.29, 0.717) is 27.3 Å². The summed E-state index contributed by atoms with van der Waals surface area (Å²) in [6, 6.07) is 18.0. The highest BCUT2D eigenvalue weighted by Crippen LogP contribution is 2.60. The molecular weight excluding hydrogens is 392 g/mol.